The molecule has 8 rings (SSSR count). The average molecular weight is 473 g/mol. The fraction of sp³-hybridized carbons (Fsp3) is 0. The van der Waals surface area contributed by atoms with Crippen molar-refractivity contribution in [2.75, 3.05) is 0 Å². The topological polar surface area (TPSA) is 43.1 Å². The molecule has 0 amide bonds. The van der Waals surface area contributed by atoms with Gasteiger partial charge in [0, 0.05) is 38.2 Å². The minimum absolute atomic E-state index is 0.670. The maximum Gasteiger partial charge on any atom is 0.164 e. The molecule has 0 saturated heterocycles. The van der Waals surface area contributed by atoms with E-state index in [0.29, 0.717) is 17.5 Å². The molecule has 0 aliphatic rings. The van der Waals surface area contributed by atoms with Crippen molar-refractivity contribution in [1.29, 1.82) is 0 Å². The van der Waals surface area contributed by atoms with Crippen molar-refractivity contribution >= 4 is 38.1 Å². The highest BCUT2D eigenvalue weighted by atomic mass is 15.0. The molecule has 8 aromatic rings. The van der Waals surface area contributed by atoms with Crippen LogP contribution >= 0.6 is 0 Å². The second-order valence-corrected chi connectivity index (χ2v) is 9.32. The Morgan fingerprint density at radius 3 is 1.57 bits per heavy atom. The molecule has 0 N–H and O–H groups in total. The number of benzene rings is 5. The van der Waals surface area contributed by atoms with Crippen LogP contribution in [0.5, 0.6) is 0 Å². The summed E-state index contributed by atoms with van der Waals surface area (Å²) in [6.45, 7) is 0. The molecule has 4 nitrogen and oxygen atoms in total. The molecule has 5 aromatic carbocycles. The van der Waals surface area contributed by atoms with Gasteiger partial charge in [0.15, 0.2) is 17.5 Å². The van der Waals surface area contributed by atoms with Crippen LogP contribution in [-0.4, -0.2) is 19.4 Å². The van der Waals surface area contributed by atoms with Crippen molar-refractivity contribution in [2.45, 2.75) is 0 Å². The van der Waals surface area contributed by atoms with Gasteiger partial charge < -0.3 is 4.40 Å². The summed E-state index contributed by atoms with van der Waals surface area (Å²) in [6.07, 6.45) is 0. The first-order valence-corrected chi connectivity index (χ1v) is 12.4. The Morgan fingerprint density at radius 1 is 0.378 bits per heavy atom. The van der Waals surface area contributed by atoms with E-state index in [1.807, 2.05) is 60.7 Å². The van der Waals surface area contributed by atoms with Crippen molar-refractivity contribution in [1.82, 2.24) is 19.4 Å². The molecule has 37 heavy (non-hydrogen) atoms. The summed E-state index contributed by atoms with van der Waals surface area (Å²) < 4.78 is 2.39. The first-order chi connectivity index (χ1) is 18.3. The maximum atomic E-state index is 4.93. The van der Waals surface area contributed by atoms with Crippen LogP contribution in [0.2, 0.25) is 0 Å². The van der Waals surface area contributed by atoms with E-state index in [1.165, 1.54) is 38.1 Å². The van der Waals surface area contributed by atoms with Crippen LogP contribution in [0.3, 0.4) is 0 Å². The largest absolute Gasteiger partial charge is 0.308 e. The van der Waals surface area contributed by atoms with Crippen molar-refractivity contribution in [3.8, 4) is 34.2 Å². The van der Waals surface area contributed by atoms with Gasteiger partial charge in [-0.1, -0.05) is 97.1 Å². The van der Waals surface area contributed by atoms with Crippen molar-refractivity contribution < 1.29 is 0 Å². The number of para-hydroxylation sites is 2. The second kappa shape index (κ2) is 7.70. The van der Waals surface area contributed by atoms with Crippen molar-refractivity contribution in [3.63, 3.8) is 0 Å². The van der Waals surface area contributed by atoms with E-state index in [-0.39, 0.29) is 0 Å². The quantitative estimate of drug-likeness (QED) is 0.261. The lowest BCUT2D eigenvalue weighted by Crippen LogP contribution is -2.00. The monoisotopic (exact) mass is 472 g/mol. The number of rotatable bonds is 3. The van der Waals surface area contributed by atoms with Gasteiger partial charge in [-0.2, -0.15) is 0 Å². The summed E-state index contributed by atoms with van der Waals surface area (Å²) in [7, 11) is 0. The molecule has 172 valence electrons. The Kier molecular flexibility index (Phi) is 4.19. The standard InChI is InChI=1S/C33H20N4/c1-3-10-21(11-4-1)31-34-32(22-12-5-2-6-13-22)36-33(35-31)23-18-19-29-27(20-23)26-16-9-15-25-24-14-7-8-17-28(24)37(29)30(25)26/h1-20H. The lowest BCUT2D eigenvalue weighted by molar-refractivity contribution is 1.07. The van der Waals surface area contributed by atoms with Crippen LogP contribution in [0.4, 0.5) is 0 Å². The van der Waals surface area contributed by atoms with Gasteiger partial charge in [-0.25, -0.2) is 15.0 Å². The molecular formula is C33H20N4. The Morgan fingerprint density at radius 2 is 0.892 bits per heavy atom. The van der Waals surface area contributed by atoms with Gasteiger partial charge in [-0.15, -0.1) is 0 Å². The Bertz CT molecular complexity index is 2020. The van der Waals surface area contributed by atoms with Gasteiger partial charge in [-0.3, -0.25) is 0 Å². The van der Waals surface area contributed by atoms with Crippen LogP contribution in [0.1, 0.15) is 0 Å². The van der Waals surface area contributed by atoms with E-state index in [2.05, 4.69) is 65.1 Å². The third kappa shape index (κ3) is 2.99. The van der Waals surface area contributed by atoms with Gasteiger partial charge in [0.1, 0.15) is 0 Å². The van der Waals surface area contributed by atoms with Crippen LogP contribution in [0.15, 0.2) is 121 Å². The van der Waals surface area contributed by atoms with E-state index in [9.17, 15) is 0 Å². The average Bonchev–Trinajstić information content (AvgIpc) is 3.50. The van der Waals surface area contributed by atoms with Gasteiger partial charge >= 0.3 is 0 Å². The highest BCUT2D eigenvalue weighted by molar-refractivity contribution is 6.23. The fourth-order valence-electron chi connectivity index (χ4n) is 5.51. The predicted octanol–water partition coefficient (Wildman–Crippen LogP) is 8.02. The van der Waals surface area contributed by atoms with Gasteiger partial charge in [0.05, 0.1) is 16.6 Å². The summed E-state index contributed by atoms with van der Waals surface area (Å²) in [5.41, 5.74) is 6.60. The van der Waals surface area contributed by atoms with Crippen LogP contribution in [-0.2, 0) is 0 Å². The van der Waals surface area contributed by atoms with Crippen LogP contribution in [0, 0.1) is 0 Å². The Labute approximate surface area is 212 Å². The molecule has 0 spiro atoms. The molecule has 0 saturated carbocycles. The number of aromatic nitrogens is 4. The first kappa shape index (κ1) is 20.1. The smallest absolute Gasteiger partial charge is 0.164 e. The zero-order chi connectivity index (χ0) is 24.3. The van der Waals surface area contributed by atoms with Crippen LogP contribution < -0.4 is 0 Å². The Hall–Kier alpha value is -5.09. The third-order valence-corrected chi connectivity index (χ3v) is 7.18. The highest BCUT2D eigenvalue weighted by Gasteiger charge is 2.18. The predicted molar refractivity (Wildman–Crippen MR) is 151 cm³/mol. The molecule has 0 atom stereocenters. The molecule has 4 heteroatoms. The lowest BCUT2D eigenvalue weighted by Gasteiger charge is -2.08. The molecule has 0 fully saturated rings. The van der Waals surface area contributed by atoms with E-state index in [1.54, 1.807) is 0 Å². The van der Waals surface area contributed by atoms with Gasteiger partial charge in [0.25, 0.3) is 0 Å². The third-order valence-electron chi connectivity index (χ3n) is 7.18. The number of nitrogens with zero attached hydrogens (tertiary/aromatic N) is 4. The summed E-state index contributed by atoms with van der Waals surface area (Å²) in [5.74, 6) is 2.01. The molecule has 0 aliphatic carbocycles. The molecule has 3 heterocycles. The molecular weight excluding hydrogens is 452 g/mol. The second-order valence-electron chi connectivity index (χ2n) is 9.32. The summed E-state index contributed by atoms with van der Waals surface area (Å²) in [6, 6.07) is 42.0. The minimum Gasteiger partial charge on any atom is -0.308 e. The van der Waals surface area contributed by atoms with Crippen molar-refractivity contribution in [2.24, 2.45) is 0 Å². The molecule has 0 radical (unpaired) electrons. The first-order valence-electron chi connectivity index (χ1n) is 12.4. The summed E-state index contributed by atoms with van der Waals surface area (Å²) >= 11 is 0. The zero-order valence-electron chi connectivity index (χ0n) is 19.8. The summed E-state index contributed by atoms with van der Waals surface area (Å²) in [5, 5.41) is 5.01. The highest BCUT2D eigenvalue weighted by Crippen LogP contribution is 2.40. The number of fused-ring (bicyclic) bond motifs is 6. The molecule has 3 aromatic heterocycles. The lowest BCUT2D eigenvalue weighted by atomic mass is 10.1. The SMILES string of the molecule is c1ccc(-c2nc(-c3ccccc3)nc(-c3ccc4c(c3)c3cccc5c6ccccc6n4c53)n2)cc1. The van der Waals surface area contributed by atoms with E-state index < -0.39 is 0 Å². The molecule has 0 bridgehead atoms. The molecule has 0 unspecified atom stereocenters. The Balaban J connectivity index is 1.40. The van der Waals surface area contributed by atoms with Gasteiger partial charge in [-0.05, 0) is 24.3 Å². The van der Waals surface area contributed by atoms with E-state index >= 15 is 0 Å². The molecule has 0 aliphatic heterocycles. The summed E-state index contributed by atoms with van der Waals surface area (Å²) in [4.78, 5) is 14.7. The number of hydrogen-bond donors (Lipinski definition) is 0. The normalized spacial score (nSPS) is 11.8. The van der Waals surface area contributed by atoms with Crippen LogP contribution in [0.25, 0.3) is 72.3 Å². The fourth-order valence-corrected chi connectivity index (χ4v) is 5.51. The van der Waals surface area contributed by atoms with E-state index in [4.69, 9.17) is 15.0 Å². The number of hydrogen-bond acceptors (Lipinski definition) is 3. The maximum absolute atomic E-state index is 4.93. The van der Waals surface area contributed by atoms with E-state index in [0.717, 1.165) is 16.7 Å². The minimum atomic E-state index is 0.670. The van der Waals surface area contributed by atoms with Crippen molar-refractivity contribution in [3.05, 3.63) is 121 Å². The zero-order valence-corrected chi connectivity index (χ0v) is 19.8. The van der Waals surface area contributed by atoms with Gasteiger partial charge in [0.2, 0.25) is 0 Å².